The molecule has 2 aliphatic rings. The van der Waals surface area contributed by atoms with Gasteiger partial charge in [0.2, 0.25) is 0 Å². The van der Waals surface area contributed by atoms with Crippen molar-refractivity contribution in [2.45, 2.75) is 32.3 Å². The highest BCUT2D eigenvalue weighted by Crippen LogP contribution is 2.22. The second-order valence-corrected chi connectivity index (χ2v) is 6.13. The second-order valence-electron chi connectivity index (χ2n) is 6.13. The lowest BCUT2D eigenvalue weighted by atomic mass is 10.1. The molecule has 6 heteroatoms. The number of rotatable bonds is 2. The Hall–Kier alpha value is -2.13. The Kier molecular flexibility index (Phi) is 4.77. The third-order valence-corrected chi connectivity index (χ3v) is 4.44. The van der Waals surface area contributed by atoms with E-state index in [2.05, 4.69) is 11.1 Å². The molecule has 3 rings (SSSR count). The van der Waals surface area contributed by atoms with Crippen molar-refractivity contribution >= 4 is 11.7 Å². The molecule has 6 nitrogen and oxygen atoms in total. The quantitative estimate of drug-likeness (QED) is 0.827. The van der Waals surface area contributed by atoms with Crippen molar-refractivity contribution in [3.8, 4) is 6.07 Å². The minimum absolute atomic E-state index is 0.0700. The fourth-order valence-electron chi connectivity index (χ4n) is 3.18. The molecule has 0 aliphatic carbocycles. The van der Waals surface area contributed by atoms with E-state index >= 15 is 0 Å². The summed E-state index contributed by atoms with van der Waals surface area (Å²) in [6.45, 7) is 5.14. The maximum Gasteiger partial charge on any atom is 0.253 e. The van der Waals surface area contributed by atoms with E-state index in [1.807, 2.05) is 22.8 Å². The molecule has 2 fully saturated rings. The average Bonchev–Trinajstić information content (AvgIpc) is 2.62. The molecule has 1 amide bonds. The van der Waals surface area contributed by atoms with Gasteiger partial charge < -0.3 is 14.5 Å². The minimum Gasteiger partial charge on any atom is -0.365 e. The molecule has 122 valence electrons. The van der Waals surface area contributed by atoms with Gasteiger partial charge >= 0.3 is 0 Å². The minimum atomic E-state index is -0.462. The van der Waals surface area contributed by atoms with Gasteiger partial charge in [0.25, 0.3) is 5.91 Å². The molecule has 0 radical (unpaired) electrons. The standard InChI is InChI=1S/C17H22N4O2/c1-13-5-6-14(11-18)16(19-13)21-9-10-23-15(12-21)17(22)20-7-3-2-4-8-20/h5-6,15H,2-4,7-10,12H2,1H3. The van der Waals surface area contributed by atoms with Crippen molar-refractivity contribution in [3.63, 3.8) is 0 Å². The number of carbonyl (C=O) groups excluding carboxylic acids is 1. The molecule has 0 bridgehead atoms. The Bertz CT molecular complexity index is 620. The maximum absolute atomic E-state index is 12.6. The van der Waals surface area contributed by atoms with Crippen LogP contribution in [-0.2, 0) is 9.53 Å². The number of likely N-dealkylation sites (tertiary alicyclic amines) is 1. The third-order valence-electron chi connectivity index (χ3n) is 4.44. The van der Waals surface area contributed by atoms with Crippen LogP contribution in [0.2, 0.25) is 0 Å². The first kappa shape index (κ1) is 15.8. The summed E-state index contributed by atoms with van der Waals surface area (Å²) in [7, 11) is 0. The van der Waals surface area contributed by atoms with Crippen molar-refractivity contribution in [2.24, 2.45) is 0 Å². The predicted molar refractivity (Wildman–Crippen MR) is 86.1 cm³/mol. The number of hydrogen-bond acceptors (Lipinski definition) is 5. The van der Waals surface area contributed by atoms with E-state index in [1.165, 1.54) is 6.42 Å². The summed E-state index contributed by atoms with van der Waals surface area (Å²) in [4.78, 5) is 21.0. The molecule has 1 unspecified atom stereocenters. The zero-order valence-electron chi connectivity index (χ0n) is 13.5. The topological polar surface area (TPSA) is 69.5 Å². The van der Waals surface area contributed by atoms with Gasteiger partial charge in [-0.2, -0.15) is 5.26 Å². The first-order valence-corrected chi connectivity index (χ1v) is 8.22. The van der Waals surface area contributed by atoms with Gasteiger partial charge in [-0.1, -0.05) is 0 Å². The molecule has 2 aliphatic heterocycles. The number of nitrogens with zero attached hydrogens (tertiary/aromatic N) is 4. The van der Waals surface area contributed by atoms with E-state index in [4.69, 9.17) is 4.74 Å². The molecular weight excluding hydrogens is 292 g/mol. The number of morpholine rings is 1. The Balaban J connectivity index is 1.74. The van der Waals surface area contributed by atoms with Gasteiger partial charge in [-0.3, -0.25) is 4.79 Å². The van der Waals surface area contributed by atoms with Crippen LogP contribution in [0.1, 0.15) is 30.5 Å². The lowest BCUT2D eigenvalue weighted by Gasteiger charge is -2.37. The summed E-state index contributed by atoms with van der Waals surface area (Å²) >= 11 is 0. The van der Waals surface area contributed by atoms with Crippen molar-refractivity contribution in [2.75, 3.05) is 37.7 Å². The highest BCUT2D eigenvalue weighted by molar-refractivity contribution is 5.82. The molecule has 0 saturated carbocycles. The van der Waals surface area contributed by atoms with Crippen molar-refractivity contribution in [3.05, 3.63) is 23.4 Å². The highest BCUT2D eigenvalue weighted by Gasteiger charge is 2.32. The number of anilines is 1. The number of pyridine rings is 1. The van der Waals surface area contributed by atoms with Crippen LogP contribution in [0.5, 0.6) is 0 Å². The van der Waals surface area contributed by atoms with Gasteiger partial charge in [0.1, 0.15) is 11.9 Å². The van der Waals surface area contributed by atoms with Crippen LogP contribution in [0.25, 0.3) is 0 Å². The number of ether oxygens (including phenoxy) is 1. The first-order chi connectivity index (χ1) is 11.2. The van der Waals surface area contributed by atoms with Crippen molar-refractivity contribution in [1.82, 2.24) is 9.88 Å². The highest BCUT2D eigenvalue weighted by atomic mass is 16.5. The average molecular weight is 314 g/mol. The SMILES string of the molecule is Cc1ccc(C#N)c(N2CCOC(C(=O)N3CCCCC3)C2)n1. The molecule has 0 spiro atoms. The summed E-state index contributed by atoms with van der Waals surface area (Å²) in [6.07, 6.45) is 2.87. The van der Waals surface area contributed by atoms with Gasteiger partial charge in [-0.15, -0.1) is 0 Å². The van der Waals surface area contributed by atoms with Gasteiger partial charge in [0, 0.05) is 25.3 Å². The number of aryl methyl sites for hydroxylation is 1. The summed E-state index contributed by atoms with van der Waals surface area (Å²) in [5, 5.41) is 9.30. The van der Waals surface area contributed by atoms with Crippen LogP contribution in [0.15, 0.2) is 12.1 Å². The monoisotopic (exact) mass is 314 g/mol. The van der Waals surface area contributed by atoms with Crippen LogP contribution < -0.4 is 4.90 Å². The fourth-order valence-corrected chi connectivity index (χ4v) is 3.18. The molecular formula is C17H22N4O2. The Labute approximate surface area is 136 Å². The van der Waals surface area contributed by atoms with Crippen molar-refractivity contribution < 1.29 is 9.53 Å². The van der Waals surface area contributed by atoms with E-state index in [0.29, 0.717) is 31.1 Å². The third kappa shape index (κ3) is 3.45. The molecule has 23 heavy (non-hydrogen) atoms. The van der Waals surface area contributed by atoms with Gasteiger partial charge in [0.15, 0.2) is 6.10 Å². The zero-order valence-corrected chi connectivity index (χ0v) is 13.5. The van der Waals surface area contributed by atoms with Crippen LogP contribution in [-0.4, -0.2) is 54.7 Å². The van der Waals surface area contributed by atoms with E-state index in [-0.39, 0.29) is 5.91 Å². The molecule has 0 N–H and O–H groups in total. The van der Waals surface area contributed by atoms with Gasteiger partial charge in [0.05, 0.1) is 18.7 Å². The molecule has 2 saturated heterocycles. The van der Waals surface area contributed by atoms with E-state index in [1.54, 1.807) is 6.07 Å². The maximum atomic E-state index is 12.6. The first-order valence-electron chi connectivity index (χ1n) is 8.22. The second kappa shape index (κ2) is 6.97. The summed E-state index contributed by atoms with van der Waals surface area (Å²) in [6, 6.07) is 5.81. The Morgan fingerprint density at radius 2 is 2.09 bits per heavy atom. The fraction of sp³-hybridized carbons (Fsp3) is 0.588. The molecule has 0 aromatic carbocycles. The van der Waals surface area contributed by atoms with Crippen LogP contribution in [0.4, 0.5) is 5.82 Å². The smallest absolute Gasteiger partial charge is 0.253 e. The number of aromatic nitrogens is 1. The predicted octanol–water partition coefficient (Wildman–Crippen LogP) is 1.48. The van der Waals surface area contributed by atoms with E-state index in [9.17, 15) is 10.1 Å². The van der Waals surface area contributed by atoms with Crippen LogP contribution in [0.3, 0.4) is 0 Å². The largest absolute Gasteiger partial charge is 0.365 e. The summed E-state index contributed by atoms with van der Waals surface area (Å²) in [5.74, 6) is 0.729. The zero-order chi connectivity index (χ0) is 16.2. The summed E-state index contributed by atoms with van der Waals surface area (Å²) < 4.78 is 5.70. The van der Waals surface area contributed by atoms with E-state index in [0.717, 1.165) is 31.6 Å². The molecule has 3 heterocycles. The lowest BCUT2D eigenvalue weighted by Crippen LogP contribution is -2.52. The van der Waals surface area contributed by atoms with Gasteiger partial charge in [-0.25, -0.2) is 4.98 Å². The normalized spacial score (nSPS) is 21.8. The number of nitriles is 1. The Morgan fingerprint density at radius 3 is 2.83 bits per heavy atom. The number of piperidine rings is 1. The molecule has 1 aromatic heterocycles. The Morgan fingerprint density at radius 1 is 1.30 bits per heavy atom. The lowest BCUT2D eigenvalue weighted by molar-refractivity contribution is -0.145. The van der Waals surface area contributed by atoms with Gasteiger partial charge in [-0.05, 0) is 38.3 Å². The van der Waals surface area contributed by atoms with Crippen LogP contribution >= 0.6 is 0 Å². The molecule has 1 aromatic rings. The summed E-state index contributed by atoms with van der Waals surface area (Å²) in [5.41, 5.74) is 1.41. The molecule has 1 atom stereocenters. The van der Waals surface area contributed by atoms with Crippen molar-refractivity contribution in [1.29, 1.82) is 5.26 Å². The number of amides is 1. The van der Waals surface area contributed by atoms with Crippen LogP contribution in [0, 0.1) is 18.3 Å². The number of carbonyl (C=O) groups is 1. The van der Waals surface area contributed by atoms with E-state index < -0.39 is 6.10 Å². The number of hydrogen-bond donors (Lipinski definition) is 0.